The van der Waals surface area contributed by atoms with Gasteiger partial charge in [-0.05, 0) is 47.2 Å². The lowest BCUT2D eigenvalue weighted by Crippen LogP contribution is -2.42. The molecule has 1 aliphatic heterocycles. The highest BCUT2D eigenvalue weighted by Gasteiger charge is 2.49. The molecule has 1 aliphatic carbocycles. The van der Waals surface area contributed by atoms with E-state index in [2.05, 4.69) is 35.3 Å². The van der Waals surface area contributed by atoms with Gasteiger partial charge in [0.25, 0.3) is 11.5 Å². The Morgan fingerprint density at radius 1 is 0.975 bits per heavy atom. The van der Waals surface area contributed by atoms with Gasteiger partial charge in [0, 0.05) is 13.0 Å². The molecule has 1 amide bonds. The van der Waals surface area contributed by atoms with E-state index in [1.807, 2.05) is 24.3 Å². The van der Waals surface area contributed by atoms with Gasteiger partial charge in [-0.25, -0.2) is 4.98 Å². The molecule has 2 heterocycles. The van der Waals surface area contributed by atoms with Gasteiger partial charge in [-0.2, -0.15) is 13.2 Å². The van der Waals surface area contributed by atoms with Gasteiger partial charge in [0.15, 0.2) is 6.10 Å². The van der Waals surface area contributed by atoms with Crippen molar-refractivity contribution in [1.29, 1.82) is 0 Å². The van der Waals surface area contributed by atoms with Crippen molar-refractivity contribution in [2.45, 2.75) is 43.5 Å². The van der Waals surface area contributed by atoms with Crippen molar-refractivity contribution < 1.29 is 23.1 Å². The average Bonchev–Trinajstić information content (AvgIpc) is 3.79. The molecule has 204 valence electrons. The molecule has 0 bridgehead atoms. The van der Waals surface area contributed by atoms with Crippen molar-refractivity contribution in [2.75, 3.05) is 6.54 Å². The minimum atomic E-state index is -4.60. The first-order valence-corrected chi connectivity index (χ1v) is 13.1. The zero-order chi connectivity index (χ0) is 28.1. The summed E-state index contributed by atoms with van der Waals surface area (Å²) in [7, 11) is 0. The van der Waals surface area contributed by atoms with Crippen LogP contribution in [-0.2, 0) is 29.4 Å². The number of hydrogen-bond acceptors (Lipinski definition) is 4. The van der Waals surface area contributed by atoms with Crippen LogP contribution in [0.4, 0.5) is 13.2 Å². The molecule has 0 radical (unpaired) electrons. The molecule has 0 unspecified atom stereocenters. The first-order chi connectivity index (χ1) is 19.2. The molecule has 3 aromatic carbocycles. The third-order valence-electron chi connectivity index (χ3n) is 7.87. The first-order valence-electron chi connectivity index (χ1n) is 13.1. The molecule has 6 rings (SSSR count). The molecule has 1 saturated carbocycles. The van der Waals surface area contributed by atoms with Gasteiger partial charge in [-0.15, -0.1) is 0 Å². The number of carbonyl (C=O) groups is 1. The van der Waals surface area contributed by atoms with E-state index in [9.17, 15) is 27.9 Å². The summed E-state index contributed by atoms with van der Waals surface area (Å²) in [6, 6.07) is 22.4. The fourth-order valence-corrected chi connectivity index (χ4v) is 5.45. The van der Waals surface area contributed by atoms with Gasteiger partial charge in [0.05, 0.1) is 28.8 Å². The van der Waals surface area contributed by atoms with Crippen LogP contribution in [-0.4, -0.2) is 32.4 Å². The fraction of sp³-hybridized carbons (Fsp3) is 0.258. The maximum atomic E-state index is 13.2. The molecule has 6 nitrogen and oxygen atoms in total. The van der Waals surface area contributed by atoms with E-state index in [0.717, 1.165) is 47.7 Å². The van der Waals surface area contributed by atoms with Gasteiger partial charge >= 0.3 is 6.18 Å². The number of halogens is 3. The van der Waals surface area contributed by atoms with Crippen LogP contribution in [0, 0.1) is 0 Å². The highest BCUT2D eigenvalue weighted by molar-refractivity contribution is 5.82. The molecular formula is C31H26F3N3O3. The number of nitrogens with zero attached hydrogens (tertiary/aromatic N) is 2. The van der Waals surface area contributed by atoms with Crippen LogP contribution in [0.5, 0.6) is 0 Å². The quantitative estimate of drug-likeness (QED) is 0.363. The number of aromatic amines is 1. The summed E-state index contributed by atoms with van der Waals surface area (Å²) in [5.41, 5.74) is 2.35. The maximum Gasteiger partial charge on any atom is 0.416 e. The zero-order valence-electron chi connectivity index (χ0n) is 21.4. The molecule has 1 atom stereocenters. The summed E-state index contributed by atoms with van der Waals surface area (Å²) in [4.78, 5) is 35.3. The number of aromatic nitrogens is 2. The van der Waals surface area contributed by atoms with Crippen LogP contribution in [0.3, 0.4) is 0 Å². The lowest BCUT2D eigenvalue weighted by molar-refractivity contribution is -0.142. The Hall–Kier alpha value is -4.24. The normalized spacial score (nSPS) is 16.8. The number of fused-ring (bicyclic) bond motifs is 1. The van der Waals surface area contributed by atoms with Crippen LogP contribution in [0.1, 0.15) is 52.7 Å². The number of hydrogen-bond donors (Lipinski definition) is 2. The van der Waals surface area contributed by atoms with Crippen LogP contribution >= 0.6 is 0 Å². The molecule has 1 aromatic heterocycles. The monoisotopic (exact) mass is 545 g/mol. The Bertz CT molecular complexity index is 1650. The number of carbonyl (C=O) groups excluding carboxylic acids is 1. The maximum absolute atomic E-state index is 13.2. The van der Waals surface area contributed by atoms with Crippen molar-refractivity contribution in [3.63, 3.8) is 0 Å². The molecule has 9 heteroatoms. The Kier molecular flexibility index (Phi) is 6.34. The zero-order valence-corrected chi connectivity index (χ0v) is 21.4. The third-order valence-corrected chi connectivity index (χ3v) is 7.87. The second kappa shape index (κ2) is 9.75. The van der Waals surface area contributed by atoms with Crippen LogP contribution in [0.25, 0.3) is 11.1 Å². The number of alkyl halides is 3. The Balaban J connectivity index is 1.24. The van der Waals surface area contributed by atoms with Gasteiger partial charge in [-0.3, -0.25) is 9.59 Å². The van der Waals surface area contributed by atoms with Crippen molar-refractivity contribution in [3.8, 4) is 11.1 Å². The summed E-state index contributed by atoms with van der Waals surface area (Å²) in [6.07, 6.45) is -4.38. The molecular weight excluding hydrogens is 519 g/mol. The van der Waals surface area contributed by atoms with E-state index in [0.29, 0.717) is 23.5 Å². The first kappa shape index (κ1) is 26.0. The van der Waals surface area contributed by atoms with Crippen molar-refractivity contribution >= 4 is 5.91 Å². The van der Waals surface area contributed by atoms with Crippen molar-refractivity contribution in [3.05, 3.63) is 123 Å². The number of rotatable bonds is 5. The van der Waals surface area contributed by atoms with E-state index < -0.39 is 23.8 Å². The summed E-state index contributed by atoms with van der Waals surface area (Å²) < 4.78 is 39.3. The van der Waals surface area contributed by atoms with E-state index in [4.69, 9.17) is 4.98 Å². The molecule has 40 heavy (non-hydrogen) atoms. The molecule has 0 spiro atoms. The topological polar surface area (TPSA) is 86.3 Å². The SMILES string of the molecule is O=C([C@H](O)c1cccc(C(F)(F)F)c1)N1CCc2nc(C3(c4cccc(-c5ccccc5)c4)CC3)[nH]c(=O)c2C1. The number of amides is 1. The van der Waals surface area contributed by atoms with Crippen molar-refractivity contribution in [2.24, 2.45) is 0 Å². The lowest BCUT2D eigenvalue weighted by atomic mass is 9.91. The molecule has 4 aromatic rings. The van der Waals surface area contributed by atoms with E-state index >= 15 is 0 Å². The highest BCUT2D eigenvalue weighted by Crippen LogP contribution is 2.52. The van der Waals surface area contributed by atoms with E-state index in [1.54, 1.807) is 0 Å². The predicted molar refractivity (Wildman–Crippen MR) is 142 cm³/mol. The van der Waals surface area contributed by atoms with E-state index in [1.165, 1.54) is 11.0 Å². The number of nitrogens with one attached hydrogen (secondary N) is 1. The second-order valence-electron chi connectivity index (χ2n) is 10.4. The summed E-state index contributed by atoms with van der Waals surface area (Å²) in [5, 5.41) is 10.6. The largest absolute Gasteiger partial charge is 0.416 e. The Morgan fingerprint density at radius 3 is 2.42 bits per heavy atom. The van der Waals surface area contributed by atoms with Crippen molar-refractivity contribution in [1.82, 2.24) is 14.9 Å². The number of benzene rings is 3. The van der Waals surface area contributed by atoms with Crippen LogP contribution in [0.15, 0.2) is 83.7 Å². The number of H-pyrrole nitrogens is 1. The smallest absolute Gasteiger partial charge is 0.378 e. The fourth-order valence-electron chi connectivity index (χ4n) is 5.45. The molecule has 2 N–H and O–H groups in total. The van der Waals surface area contributed by atoms with Gasteiger partial charge in [0.1, 0.15) is 5.82 Å². The summed E-state index contributed by atoms with van der Waals surface area (Å²) in [6.45, 7) is 0.109. The predicted octanol–water partition coefficient (Wildman–Crippen LogP) is 5.15. The lowest BCUT2D eigenvalue weighted by Gasteiger charge is -2.30. The minimum absolute atomic E-state index is 0.0801. The standard InChI is InChI=1S/C31H26F3N3O3/c32-31(33,34)23-11-5-9-21(17-23)26(38)28(40)37-15-12-25-24(18-37)27(39)36-29(35-25)30(13-14-30)22-10-4-8-20(16-22)19-6-2-1-3-7-19/h1-11,16-17,26,38H,12-15,18H2,(H,35,36,39)/t26-/m1/s1. The number of aliphatic hydroxyl groups is 1. The minimum Gasteiger partial charge on any atom is -0.378 e. The van der Waals surface area contributed by atoms with Crippen LogP contribution < -0.4 is 5.56 Å². The number of aliphatic hydroxyl groups excluding tert-OH is 1. The Morgan fingerprint density at radius 2 is 1.70 bits per heavy atom. The van der Waals surface area contributed by atoms with Gasteiger partial charge < -0.3 is 15.0 Å². The molecule has 2 aliphatic rings. The van der Waals surface area contributed by atoms with Crippen LogP contribution in [0.2, 0.25) is 0 Å². The van der Waals surface area contributed by atoms with Gasteiger partial charge in [0.2, 0.25) is 0 Å². The Labute approximate surface area is 228 Å². The summed E-state index contributed by atoms with van der Waals surface area (Å²) >= 11 is 0. The summed E-state index contributed by atoms with van der Waals surface area (Å²) in [5.74, 6) is -0.157. The van der Waals surface area contributed by atoms with Gasteiger partial charge in [-0.1, -0.05) is 66.7 Å². The highest BCUT2D eigenvalue weighted by atomic mass is 19.4. The average molecular weight is 546 g/mol. The molecule has 0 saturated heterocycles. The molecule has 1 fully saturated rings. The van der Waals surface area contributed by atoms with E-state index in [-0.39, 0.29) is 29.6 Å². The second-order valence-corrected chi connectivity index (χ2v) is 10.4. The third kappa shape index (κ3) is 4.70.